The normalized spacial score (nSPS) is 19.3. The second-order valence-electron chi connectivity index (χ2n) is 4.86. The van der Waals surface area contributed by atoms with E-state index in [9.17, 15) is 4.79 Å². The molecule has 5 nitrogen and oxygen atoms in total. The summed E-state index contributed by atoms with van der Waals surface area (Å²) in [6.45, 7) is 2.69. The average Bonchev–Trinajstić information content (AvgIpc) is 2.40. The van der Waals surface area contributed by atoms with E-state index in [0.717, 1.165) is 24.9 Å². The van der Waals surface area contributed by atoms with Crippen molar-refractivity contribution in [2.45, 2.75) is 31.9 Å². The molecule has 4 N–H and O–H groups in total. The number of carbonyl (C=O) groups is 1. The van der Waals surface area contributed by atoms with Gasteiger partial charge >= 0.3 is 0 Å². The summed E-state index contributed by atoms with van der Waals surface area (Å²) in [5, 5.41) is 5.94. The number of anilines is 1. The van der Waals surface area contributed by atoms with Gasteiger partial charge < -0.3 is 21.1 Å². The van der Waals surface area contributed by atoms with Crippen molar-refractivity contribution in [3.63, 3.8) is 0 Å². The van der Waals surface area contributed by atoms with Gasteiger partial charge in [-0.15, -0.1) is 0 Å². The van der Waals surface area contributed by atoms with Crippen molar-refractivity contribution in [1.82, 2.24) is 5.32 Å². The van der Waals surface area contributed by atoms with Gasteiger partial charge in [-0.3, -0.25) is 4.79 Å². The molecule has 104 valence electrons. The van der Waals surface area contributed by atoms with Crippen LogP contribution in [0.2, 0.25) is 0 Å². The van der Waals surface area contributed by atoms with Crippen molar-refractivity contribution >= 4 is 11.6 Å². The molecule has 0 aromatic heterocycles. The highest BCUT2D eigenvalue weighted by molar-refractivity contribution is 5.97. The predicted octanol–water partition coefficient (Wildman–Crippen LogP) is 1.41. The Morgan fingerprint density at radius 2 is 2.32 bits per heavy atom. The number of nitrogens with two attached hydrogens (primary N) is 1. The van der Waals surface area contributed by atoms with Gasteiger partial charge in [-0.1, -0.05) is 6.07 Å². The molecule has 2 atom stereocenters. The largest absolute Gasteiger partial charge is 0.479 e. The van der Waals surface area contributed by atoms with E-state index in [1.54, 1.807) is 6.92 Å². The summed E-state index contributed by atoms with van der Waals surface area (Å²) in [5.41, 5.74) is 7.88. The van der Waals surface area contributed by atoms with Gasteiger partial charge in [0.1, 0.15) is 5.75 Å². The molecule has 0 aliphatic carbocycles. The molecule has 0 spiro atoms. The van der Waals surface area contributed by atoms with Gasteiger partial charge in [0.2, 0.25) is 0 Å². The summed E-state index contributed by atoms with van der Waals surface area (Å²) in [4.78, 5) is 11.6. The molecule has 1 aromatic rings. The van der Waals surface area contributed by atoms with Gasteiger partial charge in [0.15, 0.2) is 6.10 Å². The van der Waals surface area contributed by atoms with Gasteiger partial charge in [0.05, 0.1) is 5.69 Å². The molecule has 0 fully saturated rings. The molecule has 0 saturated heterocycles. The molecule has 2 rings (SSSR count). The molecular formula is C14H21N3O2. The minimum atomic E-state index is -0.442. The van der Waals surface area contributed by atoms with Crippen LogP contribution in [0.25, 0.3) is 0 Å². The van der Waals surface area contributed by atoms with Crippen molar-refractivity contribution < 1.29 is 9.53 Å². The number of hydrogen-bond acceptors (Lipinski definition) is 4. The molecule has 1 aliphatic heterocycles. The van der Waals surface area contributed by atoms with E-state index in [1.165, 1.54) is 0 Å². The van der Waals surface area contributed by atoms with E-state index in [1.807, 2.05) is 25.2 Å². The number of benzene rings is 1. The third kappa shape index (κ3) is 3.24. The van der Waals surface area contributed by atoms with E-state index in [0.29, 0.717) is 11.4 Å². The highest BCUT2D eigenvalue weighted by Gasteiger charge is 2.23. The Morgan fingerprint density at radius 1 is 1.53 bits per heavy atom. The van der Waals surface area contributed by atoms with Crippen molar-refractivity contribution in [3.8, 4) is 5.75 Å². The van der Waals surface area contributed by atoms with Crippen LogP contribution < -0.4 is 21.1 Å². The molecule has 1 aliphatic rings. The number of amides is 1. The van der Waals surface area contributed by atoms with Gasteiger partial charge in [0.25, 0.3) is 5.91 Å². The second-order valence-corrected chi connectivity index (χ2v) is 4.86. The molecule has 0 radical (unpaired) electrons. The molecule has 19 heavy (non-hydrogen) atoms. The second kappa shape index (κ2) is 6.04. The number of hydrogen-bond donors (Lipinski definition) is 3. The van der Waals surface area contributed by atoms with Crippen molar-refractivity contribution in [3.05, 3.63) is 23.8 Å². The summed E-state index contributed by atoms with van der Waals surface area (Å²) < 4.78 is 5.51. The van der Waals surface area contributed by atoms with Gasteiger partial charge in [-0.25, -0.2) is 0 Å². The zero-order valence-corrected chi connectivity index (χ0v) is 11.4. The van der Waals surface area contributed by atoms with Crippen LogP contribution in [0, 0.1) is 0 Å². The summed E-state index contributed by atoms with van der Waals surface area (Å²) in [6, 6.07) is 5.73. The van der Waals surface area contributed by atoms with Crippen molar-refractivity contribution in [1.29, 1.82) is 0 Å². The van der Waals surface area contributed by atoms with Crippen LogP contribution in [0.1, 0.15) is 31.4 Å². The SMILES string of the molecule is CNCCCC(N)c1ccc2c(c1)NC(=O)C(C)O2. The van der Waals surface area contributed by atoms with E-state index >= 15 is 0 Å². The quantitative estimate of drug-likeness (QED) is 0.702. The standard InChI is InChI=1S/C14H21N3O2/c1-9-14(18)17-12-8-10(5-6-13(12)19-9)11(15)4-3-7-16-2/h5-6,8-9,11,16H,3-4,7,15H2,1-2H3,(H,17,18). The maximum atomic E-state index is 11.6. The lowest BCUT2D eigenvalue weighted by atomic mass is 10.0. The average molecular weight is 263 g/mol. The van der Waals surface area contributed by atoms with Crippen LogP contribution in [-0.2, 0) is 4.79 Å². The fourth-order valence-corrected chi connectivity index (χ4v) is 2.12. The lowest BCUT2D eigenvalue weighted by Crippen LogP contribution is -2.34. The van der Waals surface area contributed by atoms with Crippen LogP contribution >= 0.6 is 0 Å². The Bertz CT molecular complexity index is 462. The fourth-order valence-electron chi connectivity index (χ4n) is 2.12. The summed E-state index contributed by atoms with van der Waals surface area (Å²) in [6.07, 6.45) is 1.49. The Balaban J connectivity index is 2.08. The number of rotatable bonds is 5. The summed E-state index contributed by atoms with van der Waals surface area (Å²) in [5.74, 6) is 0.590. The molecule has 5 heteroatoms. The molecule has 1 aromatic carbocycles. The molecule has 1 heterocycles. The Labute approximate surface area is 113 Å². The van der Waals surface area contributed by atoms with Crippen molar-refractivity contribution in [2.75, 3.05) is 18.9 Å². The Kier molecular flexibility index (Phi) is 4.39. The summed E-state index contributed by atoms with van der Waals surface area (Å²) >= 11 is 0. The smallest absolute Gasteiger partial charge is 0.265 e. The number of ether oxygens (including phenoxy) is 1. The third-order valence-corrected chi connectivity index (χ3v) is 3.30. The van der Waals surface area contributed by atoms with Gasteiger partial charge in [0, 0.05) is 6.04 Å². The van der Waals surface area contributed by atoms with Crippen molar-refractivity contribution in [2.24, 2.45) is 5.73 Å². The van der Waals surface area contributed by atoms with E-state index < -0.39 is 6.10 Å². The predicted molar refractivity (Wildman–Crippen MR) is 75.3 cm³/mol. The highest BCUT2D eigenvalue weighted by Crippen LogP contribution is 2.32. The number of carbonyl (C=O) groups excluding carboxylic acids is 1. The topological polar surface area (TPSA) is 76.4 Å². The fraction of sp³-hybridized carbons (Fsp3) is 0.500. The maximum Gasteiger partial charge on any atom is 0.265 e. The molecule has 1 amide bonds. The van der Waals surface area contributed by atoms with Gasteiger partial charge in [-0.05, 0) is 51.1 Å². The van der Waals surface area contributed by atoms with Crippen LogP contribution in [0.15, 0.2) is 18.2 Å². The first kappa shape index (κ1) is 13.8. The molecular weight excluding hydrogens is 242 g/mol. The first-order chi connectivity index (χ1) is 9.11. The van der Waals surface area contributed by atoms with E-state index in [-0.39, 0.29) is 11.9 Å². The Hall–Kier alpha value is -1.59. The first-order valence-electron chi connectivity index (χ1n) is 6.63. The van der Waals surface area contributed by atoms with Crippen LogP contribution in [0.4, 0.5) is 5.69 Å². The molecule has 0 saturated carbocycles. The van der Waals surface area contributed by atoms with Gasteiger partial charge in [-0.2, -0.15) is 0 Å². The number of fused-ring (bicyclic) bond motifs is 1. The first-order valence-corrected chi connectivity index (χ1v) is 6.63. The van der Waals surface area contributed by atoms with Crippen LogP contribution in [-0.4, -0.2) is 25.6 Å². The summed E-state index contributed by atoms with van der Waals surface area (Å²) in [7, 11) is 1.93. The lowest BCUT2D eigenvalue weighted by molar-refractivity contribution is -0.122. The maximum absolute atomic E-state index is 11.6. The lowest BCUT2D eigenvalue weighted by Gasteiger charge is -2.24. The zero-order valence-electron chi connectivity index (χ0n) is 11.4. The number of nitrogens with one attached hydrogen (secondary N) is 2. The monoisotopic (exact) mass is 263 g/mol. The zero-order chi connectivity index (χ0) is 13.8. The van der Waals surface area contributed by atoms with E-state index in [4.69, 9.17) is 10.5 Å². The highest BCUT2D eigenvalue weighted by atomic mass is 16.5. The van der Waals surface area contributed by atoms with E-state index in [2.05, 4.69) is 10.6 Å². The third-order valence-electron chi connectivity index (χ3n) is 3.30. The molecule has 0 bridgehead atoms. The Morgan fingerprint density at radius 3 is 3.05 bits per heavy atom. The minimum Gasteiger partial charge on any atom is -0.479 e. The molecule has 2 unspecified atom stereocenters. The van der Waals surface area contributed by atoms with Crippen LogP contribution in [0.5, 0.6) is 5.75 Å². The van der Waals surface area contributed by atoms with Crippen LogP contribution in [0.3, 0.4) is 0 Å². The minimum absolute atomic E-state index is 0.0186.